The van der Waals surface area contributed by atoms with Crippen molar-refractivity contribution in [3.05, 3.63) is 60.3 Å². The zero-order valence-corrected chi connectivity index (χ0v) is 20.7. The van der Waals surface area contributed by atoms with Crippen LogP contribution in [-0.4, -0.2) is 57.7 Å². The van der Waals surface area contributed by atoms with Gasteiger partial charge in [0.15, 0.2) is 17.7 Å². The van der Waals surface area contributed by atoms with Crippen LogP contribution in [0.2, 0.25) is 0 Å². The van der Waals surface area contributed by atoms with Gasteiger partial charge in [-0.3, -0.25) is 10.4 Å². The molecule has 0 spiro atoms. The Labute approximate surface area is 210 Å². The number of aromatic nitrogens is 1. The van der Waals surface area contributed by atoms with Gasteiger partial charge in [0.1, 0.15) is 24.4 Å². The predicted molar refractivity (Wildman–Crippen MR) is 138 cm³/mol. The number of nitrogens with zero attached hydrogens (tertiary/aromatic N) is 3. The molecule has 190 valence electrons. The lowest BCUT2D eigenvalue weighted by Gasteiger charge is -2.27. The molecule has 9 nitrogen and oxygen atoms in total. The third-order valence-electron chi connectivity index (χ3n) is 6.41. The standard InChI is InChI=1S/C27H32N4O5/c1-4-34-22-12-11-19(13-23(22)35-5-2)29-30-14-21-20(18-9-7-6-8-10-18)15-31(26(21)28-16-30)27-25(33)24(32)17(3)36-27/h6-13,15-17,24-25,27,29,32-33H,4-5,14H2,1-3H3/t17-,24-,25-,27-/m1/s1. The molecule has 5 rings (SSSR count). The number of aliphatic imine (C=N–C) groups is 1. The number of hydrogen-bond donors (Lipinski definition) is 3. The van der Waals surface area contributed by atoms with Crippen molar-refractivity contribution in [1.82, 2.24) is 9.58 Å². The van der Waals surface area contributed by atoms with Crippen LogP contribution in [0.15, 0.2) is 59.7 Å². The predicted octanol–water partition coefficient (Wildman–Crippen LogP) is 4.09. The number of aliphatic hydroxyl groups excluding tert-OH is 2. The Morgan fingerprint density at radius 1 is 1.03 bits per heavy atom. The smallest absolute Gasteiger partial charge is 0.164 e. The van der Waals surface area contributed by atoms with Crippen LogP contribution in [0.25, 0.3) is 11.1 Å². The first-order chi connectivity index (χ1) is 17.5. The van der Waals surface area contributed by atoms with E-state index in [4.69, 9.17) is 19.2 Å². The summed E-state index contributed by atoms with van der Waals surface area (Å²) in [6.07, 6.45) is 0.450. The van der Waals surface area contributed by atoms with E-state index in [1.165, 1.54) is 0 Å². The van der Waals surface area contributed by atoms with E-state index in [-0.39, 0.29) is 0 Å². The maximum atomic E-state index is 10.6. The molecule has 2 aliphatic rings. The highest BCUT2D eigenvalue weighted by atomic mass is 16.6. The lowest BCUT2D eigenvalue weighted by Crippen LogP contribution is -2.31. The van der Waals surface area contributed by atoms with Crippen LogP contribution in [0.3, 0.4) is 0 Å². The number of hydrazine groups is 1. The lowest BCUT2D eigenvalue weighted by atomic mass is 10.0. The summed E-state index contributed by atoms with van der Waals surface area (Å²) < 4.78 is 19.2. The first-order valence-corrected chi connectivity index (χ1v) is 12.3. The average molecular weight is 493 g/mol. The highest BCUT2D eigenvalue weighted by Gasteiger charge is 2.42. The summed E-state index contributed by atoms with van der Waals surface area (Å²) >= 11 is 0. The van der Waals surface area contributed by atoms with Crippen LogP contribution < -0.4 is 14.9 Å². The molecule has 0 bridgehead atoms. The number of aliphatic hydroxyl groups is 2. The number of fused-ring (bicyclic) bond motifs is 1. The number of benzene rings is 2. The summed E-state index contributed by atoms with van der Waals surface area (Å²) in [6.45, 7) is 7.25. The molecule has 0 amide bonds. The van der Waals surface area contributed by atoms with Crippen LogP contribution >= 0.6 is 0 Å². The normalized spacial score (nSPS) is 23.0. The van der Waals surface area contributed by atoms with Gasteiger partial charge >= 0.3 is 0 Å². The summed E-state index contributed by atoms with van der Waals surface area (Å²) in [6, 6.07) is 15.8. The fourth-order valence-corrected chi connectivity index (χ4v) is 4.66. The number of nitrogens with one attached hydrogen (secondary N) is 1. The molecule has 0 radical (unpaired) electrons. The summed E-state index contributed by atoms with van der Waals surface area (Å²) in [5.41, 5.74) is 7.23. The molecular formula is C27H32N4O5. The van der Waals surface area contributed by atoms with Gasteiger partial charge in [0, 0.05) is 23.4 Å². The fraction of sp³-hybridized carbons (Fsp3) is 0.370. The quantitative estimate of drug-likeness (QED) is 0.435. The number of anilines is 1. The Bertz CT molecular complexity index is 1230. The van der Waals surface area contributed by atoms with E-state index in [0.717, 1.165) is 22.4 Å². The third-order valence-corrected chi connectivity index (χ3v) is 6.41. The Morgan fingerprint density at radius 3 is 2.47 bits per heavy atom. The molecule has 1 fully saturated rings. The van der Waals surface area contributed by atoms with Crippen molar-refractivity contribution >= 4 is 17.8 Å². The van der Waals surface area contributed by atoms with E-state index < -0.39 is 24.5 Å². The van der Waals surface area contributed by atoms with Crippen molar-refractivity contribution in [1.29, 1.82) is 0 Å². The van der Waals surface area contributed by atoms with Gasteiger partial charge in [-0.2, -0.15) is 0 Å². The van der Waals surface area contributed by atoms with E-state index in [2.05, 4.69) is 5.43 Å². The van der Waals surface area contributed by atoms with Crippen LogP contribution in [0.1, 0.15) is 32.6 Å². The number of ether oxygens (including phenoxy) is 3. The highest BCUT2D eigenvalue weighted by Crippen LogP contribution is 2.41. The van der Waals surface area contributed by atoms with Crippen molar-refractivity contribution in [2.75, 3.05) is 18.6 Å². The molecule has 4 atom stereocenters. The molecule has 2 aliphatic heterocycles. The Morgan fingerprint density at radius 2 is 1.78 bits per heavy atom. The maximum absolute atomic E-state index is 10.6. The van der Waals surface area contributed by atoms with Gasteiger partial charge < -0.3 is 29.0 Å². The van der Waals surface area contributed by atoms with Crippen LogP contribution in [0.5, 0.6) is 11.5 Å². The Kier molecular flexibility index (Phi) is 6.86. The van der Waals surface area contributed by atoms with E-state index in [9.17, 15) is 10.2 Å². The summed E-state index contributed by atoms with van der Waals surface area (Å²) in [5, 5.41) is 22.8. The molecule has 3 N–H and O–H groups in total. The van der Waals surface area contributed by atoms with Crippen LogP contribution in [0, 0.1) is 0 Å². The molecule has 2 aromatic carbocycles. The third kappa shape index (κ3) is 4.53. The van der Waals surface area contributed by atoms with Crippen molar-refractivity contribution < 1.29 is 24.4 Å². The molecule has 36 heavy (non-hydrogen) atoms. The molecule has 1 aromatic heterocycles. The topological polar surface area (TPSA) is 101 Å². The second kappa shape index (κ2) is 10.2. The first-order valence-electron chi connectivity index (χ1n) is 12.3. The minimum Gasteiger partial charge on any atom is -0.490 e. The van der Waals surface area contributed by atoms with Gasteiger partial charge in [0.2, 0.25) is 0 Å². The van der Waals surface area contributed by atoms with Gasteiger partial charge in [-0.1, -0.05) is 30.3 Å². The lowest BCUT2D eigenvalue weighted by molar-refractivity contribution is -0.0308. The average Bonchev–Trinajstić information content (AvgIpc) is 3.38. The van der Waals surface area contributed by atoms with Crippen molar-refractivity contribution in [2.24, 2.45) is 4.99 Å². The van der Waals surface area contributed by atoms with Crippen LogP contribution in [0.4, 0.5) is 11.5 Å². The molecule has 3 heterocycles. The second-order valence-corrected chi connectivity index (χ2v) is 8.84. The van der Waals surface area contributed by atoms with E-state index >= 15 is 0 Å². The zero-order valence-electron chi connectivity index (χ0n) is 20.7. The molecule has 9 heteroatoms. The first kappa shape index (κ1) is 24.2. The molecule has 1 saturated heterocycles. The molecule has 0 unspecified atom stereocenters. The summed E-state index contributed by atoms with van der Waals surface area (Å²) in [4.78, 5) is 4.72. The monoisotopic (exact) mass is 492 g/mol. The van der Waals surface area contributed by atoms with Crippen molar-refractivity contribution in [3.8, 4) is 22.6 Å². The Hall–Kier alpha value is -3.53. The largest absolute Gasteiger partial charge is 0.490 e. The van der Waals surface area contributed by atoms with Gasteiger partial charge in [0.25, 0.3) is 0 Å². The SMILES string of the molecule is CCOc1ccc(NN2C=Nc3c(c(-c4ccccc4)cn3[C@@H]3O[C@H](C)[C@@H](O)[C@H]3O)C2)cc1OCC. The van der Waals surface area contributed by atoms with Gasteiger partial charge in [0.05, 0.1) is 31.5 Å². The second-order valence-electron chi connectivity index (χ2n) is 8.84. The molecule has 0 aliphatic carbocycles. The molecule has 3 aromatic rings. The van der Waals surface area contributed by atoms with Gasteiger partial charge in [-0.05, 0) is 38.5 Å². The van der Waals surface area contributed by atoms with E-state index in [1.54, 1.807) is 13.3 Å². The summed E-state index contributed by atoms with van der Waals surface area (Å²) in [7, 11) is 0. The maximum Gasteiger partial charge on any atom is 0.164 e. The van der Waals surface area contributed by atoms with E-state index in [0.29, 0.717) is 37.1 Å². The minimum atomic E-state index is -1.05. The van der Waals surface area contributed by atoms with Gasteiger partial charge in [-0.25, -0.2) is 4.99 Å². The number of rotatable bonds is 8. The van der Waals surface area contributed by atoms with Gasteiger partial charge in [-0.15, -0.1) is 0 Å². The minimum absolute atomic E-state index is 0.479. The molecular weight excluding hydrogens is 460 g/mol. The van der Waals surface area contributed by atoms with Crippen molar-refractivity contribution in [2.45, 2.75) is 51.9 Å². The van der Waals surface area contributed by atoms with E-state index in [1.807, 2.05) is 78.2 Å². The van der Waals surface area contributed by atoms with Crippen LogP contribution in [-0.2, 0) is 11.3 Å². The molecule has 0 saturated carbocycles. The fourth-order valence-electron chi connectivity index (χ4n) is 4.66. The zero-order chi connectivity index (χ0) is 25.2. The Balaban J connectivity index is 1.46. The summed E-state index contributed by atoms with van der Waals surface area (Å²) in [5.74, 6) is 2.07. The highest BCUT2D eigenvalue weighted by molar-refractivity contribution is 5.77. The number of hydrogen-bond acceptors (Lipinski definition) is 8. The van der Waals surface area contributed by atoms with Crippen molar-refractivity contribution in [3.63, 3.8) is 0 Å².